The zero-order valence-electron chi connectivity index (χ0n) is 11.7. The second-order valence-corrected chi connectivity index (χ2v) is 5.33. The van der Waals surface area contributed by atoms with E-state index in [-0.39, 0.29) is 22.4 Å². The highest BCUT2D eigenvalue weighted by Crippen LogP contribution is 2.20. The Labute approximate surface area is 127 Å². The van der Waals surface area contributed by atoms with E-state index in [0.29, 0.717) is 0 Å². The molecule has 1 N–H and O–H groups in total. The van der Waals surface area contributed by atoms with E-state index in [4.69, 9.17) is 11.6 Å². The zero-order chi connectivity index (χ0) is 15.4. The van der Waals surface area contributed by atoms with Gasteiger partial charge < -0.3 is 10.2 Å². The topological polar surface area (TPSA) is 88.4 Å². The van der Waals surface area contributed by atoms with Crippen LogP contribution in [0.5, 0.6) is 0 Å². The van der Waals surface area contributed by atoms with Crippen molar-refractivity contribution < 1.29 is 9.72 Å². The van der Waals surface area contributed by atoms with E-state index in [1.54, 1.807) is 0 Å². The molecule has 7 nitrogen and oxygen atoms in total. The number of piperidine rings is 1. The van der Waals surface area contributed by atoms with E-state index in [1.165, 1.54) is 0 Å². The second-order valence-electron chi connectivity index (χ2n) is 4.97. The Morgan fingerprint density at radius 3 is 2.81 bits per heavy atom. The van der Waals surface area contributed by atoms with E-state index in [9.17, 15) is 14.9 Å². The summed E-state index contributed by atoms with van der Waals surface area (Å²) in [5.74, 6) is -0.411. The Balaban J connectivity index is 2.03. The first-order valence-electron chi connectivity index (χ1n) is 6.84. The Kier molecular flexibility index (Phi) is 5.08. The van der Waals surface area contributed by atoms with E-state index in [2.05, 4.69) is 22.1 Å². The lowest BCUT2D eigenvalue weighted by Gasteiger charge is -2.31. The smallest absolute Gasteiger partial charge is 0.288 e. The first kappa shape index (κ1) is 15.7. The predicted molar refractivity (Wildman–Crippen MR) is 78.5 cm³/mol. The third-order valence-corrected chi connectivity index (χ3v) is 3.95. The van der Waals surface area contributed by atoms with Gasteiger partial charge in [-0.2, -0.15) is 0 Å². The number of amides is 1. The van der Waals surface area contributed by atoms with Crippen molar-refractivity contribution in [2.45, 2.75) is 25.8 Å². The van der Waals surface area contributed by atoms with Crippen molar-refractivity contribution in [3.63, 3.8) is 0 Å². The minimum absolute atomic E-state index is 0.0240. The highest BCUT2D eigenvalue weighted by molar-refractivity contribution is 6.32. The lowest BCUT2D eigenvalue weighted by molar-refractivity contribution is -0.385. The summed E-state index contributed by atoms with van der Waals surface area (Å²) in [5.41, 5.74) is -0.200. The van der Waals surface area contributed by atoms with Gasteiger partial charge in [-0.05, 0) is 19.4 Å². The van der Waals surface area contributed by atoms with Gasteiger partial charge in [-0.25, -0.2) is 4.98 Å². The highest BCUT2D eigenvalue weighted by atomic mass is 35.5. The first-order chi connectivity index (χ1) is 10.0. The molecule has 0 saturated carbocycles. The van der Waals surface area contributed by atoms with Gasteiger partial charge in [0, 0.05) is 25.2 Å². The molecule has 0 atom stereocenters. The fourth-order valence-corrected chi connectivity index (χ4v) is 2.54. The third kappa shape index (κ3) is 3.89. The molecule has 1 amide bonds. The highest BCUT2D eigenvalue weighted by Gasteiger charge is 2.23. The van der Waals surface area contributed by atoms with Crippen molar-refractivity contribution in [3.05, 3.63) is 33.1 Å². The molecular formula is C13H17ClN4O3. The Morgan fingerprint density at radius 2 is 2.24 bits per heavy atom. The van der Waals surface area contributed by atoms with Crippen LogP contribution in [0.2, 0.25) is 5.15 Å². The van der Waals surface area contributed by atoms with Gasteiger partial charge in [-0.15, -0.1) is 0 Å². The molecule has 1 saturated heterocycles. The molecule has 2 heterocycles. The number of rotatable bonds is 4. The molecule has 1 fully saturated rings. The minimum atomic E-state index is -0.597. The average Bonchev–Trinajstić information content (AvgIpc) is 2.48. The molecule has 114 valence electrons. The summed E-state index contributed by atoms with van der Waals surface area (Å²) in [6, 6.07) is 1.22. The molecular weight excluding hydrogens is 296 g/mol. The van der Waals surface area contributed by atoms with Crippen LogP contribution in [0.4, 0.5) is 5.69 Å². The molecule has 21 heavy (non-hydrogen) atoms. The molecule has 0 bridgehead atoms. The van der Waals surface area contributed by atoms with E-state index in [1.807, 2.05) is 0 Å². The van der Waals surface area contributed by atoms with Gasteiger partial charge in [0.2, 0.25) is 0 Å². The number of likely N-dealkylation sites (tertiary alicyclic amines) is 1. The van der Waals surface area contributed by atoms with E-state index < -0.39 is 10.8 Å². The van der Waals surface area contributed by atoms with Crippen LogP contribution in [0, 0.1) is 10.1 Å². The largest absolute Gasteiger partial charge is 0.349 e. The standard InChI is InChI=1S/C13H17ClN4O3/c1-2-17-5-3-9(4-6-17)16-13(19)11-7-10(18(20)21)8-15-12(11)14/h7-9H,2-6H2,1H3,(H,16,19). The monoisotopic (exact) mass is 312 g/mol. The summed E-state index contributed by atoms with van der Waals surface area (Å²) >= 11 is 5.86. The molecule has 1 aliphatic rings. The number of aromatic nitrogens is 1. The van der Waals surface area contributed by atoms with Crippen molar-refractivity contribution in [1.82, 2.24) is 15.2 Å². The summed E-state index contributed by atoms with van der Waals surface area (Å²) in [6.45, 7) is 4.97. The molecule has 0 radical (unpaired) electrons. The number of carbonyl (C=O) groups is 1. The Morgan fingerprint density at radius 1 is 1.57 bits per heavy atom. The van der Waals surface area contributed by atoms with Crippen molar-refractivity contribution in [1.29, 1.82) is 0 Å². The van der Waals surface area contributed by atoms with Gasteiger partial charge in [0.15, 0.2) is 0 Å². The molecule has 8 heteroatoms. The quantitative estimate of drug-likeness (QED) is 0.521. The summed E-state index contributed by atoms with van der Waals surface area (Å²) in [4.78, 5) is 28.3. The maximum absolute atomic E-state index is 12.2. The SMILES string of the molecule is CCN1CCC(NC(=O)c2cc([N+](=O)[O-])cnc2Cl)CC1. The maximum Gasteiger partial charge on any atom is 0.288 e. The molecule has 0 aliphatic carbocycles. The average molecular weight is 313 g/mol. The van der Waals surface area contributed by atoms with Crippen molar-refractivity contribution >= 4 is 23.2 Å². The third-order valence-electron chi connectivity index (χ3n) is 3.65. The number of nitrogens with zero attached hydrogens (tertiary/aromatic N) is 3. The number of nitrogens with one attached hydrogen (secondary N) is 1. The summed E-state index contributed by atoms with van der Waals surface area (Å²) in [7, 11) is 0. The fraction of sp³-hybridized carbons (Fsp3) is 0.538. The lowest BCUT2D eigenvalue weighted by Crippen LogP contribution is -2.44. The van der Waals surface area contributed by atoms with Gasteiger partial charge in [0.05, 0.1) is 10.5 Å². The van der Waals surface area contributed by atoms with Crippen molar-refractivity contribution in [2.24, 2.45) is 0 Å². The molecule has 1 aromatic rings. The Bertz CT molecular complexity index is 544. The van der Waals surface area contributed by atoms with Gasteiger partial charge in [-0.1, -0.05) is 18.5 Å². The lowest BCUT2D eigenvalue weighted by atomic mass is 10.0. The molecule has 0 unspecified atom stereocenters. The number of halogens is 1. The Hall–Kier alpha value is -1.73. The van der Waals surface area contributed by atoms with Crippen LogP contribution >= 0.6 is 11.6 Å². The molecule has 0 aromatic carbocycles. The number of pyridine rings is 1. The normalized spacial score (nSPS) is 16.7. The predicted octanol–water partition coefficient (Wildman–Crippen LogP) is 1.86. The van der Waals surface area contributed by atoms with Crippen molar-refractivity contribution in [3.8, 4) is 0 Å². The van der Waals surface area contributed by atoms with Gasteiger partial charge in [-0.3, -0.25) is 14.9 Å². The zero-order valence-corrected chi connectivity index (χ0v) is 12.5. The van der Waals surface area contributed by atoms with Crippen LogP contribution < -0.4 is 5.32 Å². The molecule has 1 aromatic heterocycles. The summed E-state index contributed by atoms with van der Waals surface area (Å²) < 4.78 is 0. The molecule has 1 aliphatic heterocycles. The first-order valence-corrected chi connectivity index (χ1v) is 7.22. The summed E-state index contributed by atoms with van der Waals surface area (Å²) in [5, 5.41) is 13.6. The number of carbonyl (C=O) groups excluding carboxylic acids is 1. The van der Waals surface area contributed by atoms with E-state index >= 15 is 0 Å². The van der Waals surface area contributed by atoms with Crippen molar-refractivity contribution in [2.75, 3.05) is 19.6 Å². The number of hydrogen-bond donors (Lipinski definition) is 1. The van der Waals surface area contributed by atoms with E-state index in [0.717, 1.165) is 44.7 Å². The summed E-state index contributed by atoms with van der Waals surface area (Å²) in [6.07, 6.45) is 2.76. The van der Waals surface area contributed by atoms with Crippen LogP contribution in [0.25, 0.3) is 0 Å². The van der Waals surface area contributed by atoms with Crippen LogP contribution in [0.3, 0.4) is 0 Å². The molecule has 0 spiro atoms. The second kappa shape index (κ2) is 6.82. The number of nitro groups is 1. The number of hydrogen-bond acceptors (Lipinski definition) is 5. The minimum Gasteiger partial charge on any atom is -0.349 e. The fourth-order valence-electron chi connectivity index (χ4n) is 2.35. The van der Waals surface area contributed by atoms with Gasteiger partial charge in [0.25, 0.3) is 11.6 Å². The van der Waals surface area contributed by atoms with Gasteiger partial charge in [0.1, 0.15) is 11.3 Å². The van der Waals surface area contributed by atoms with Crippen LogP contribution in [0.1, 0.15) is 30.1 Å². The maximum atomic E-state index is 12.2. The van der Waals surface area contributed by atoms with Gasteiger partial charge >= 0.3 is 0 Å². The van der Waals surface area contributed by atoms with Crippen LogP contribution in [0.15, 0.2) is 12.3 Å². The van der Waals surface area contributed by atoms with Crippen LogP contribution in [-0.2, 0) is 0 Å². The molecule has 2 rings (SSSR count). The van der Waals surface area contributed by atoms with Crippen LogP contribution in [-0.4, -0.2) is 46.4 Å².